The number of hydrogen-bond acceptors (Lipinski definition) is 1. The first-order valence-electron chi connectivity index (χ1n) is 6.38. The molecule has 2 heteroatoms. The molecule has 3 unspecified atom stereocenters. The van der Waals surface area contributed by atoms with Gasteiger partial charge in [-0.1, -0.05) is 34.1 Å². The summed E-state index contributed by atoms with van der Waals surface area (Å²) in [7, 11) is 0. The minimum absolute atomic E-state index is 0.517. The molecule has 2 fully saturated rings. The molecule has 2 rings (SSSR count). The molecule has 0 radical (unpaired) electrons. The maximum absolute atomic E-state index is 11.0. The molecule has 0 aromatic rings. The number of quaternary nitrogens is 1. The standard InChI is InChI=1S/C8H15NO.2C2H6/c10-9-5-4-7-2-1-3-8(7)6-9;2*1-2/h7-9H,1-6H2;2*1-2H3. The average Bonchev–Trinajstić information content (AvgIpc) is 2.71. The Morgan fingerprint density at radius 1 is 0.929 bits per heavy atom. The minimum Gasteiger partial charge on any atom is -0.634 e. The minimum atomic E-state index is 0.517. The van der Waals surface area contributed by atoms with Crippen LogP contribution < -0.4 is 5.06 Å². The van der Waals surface area contributed by atoms with Crippen LogP contribution in [0.2, 0.25) is 0 Å². The van der Waals surface area contributed by atoms with Crippen LogP contribution in [0.5, 0.6) is 0 Å². The van der Waals surface area contributed by atoms with Gasteiger partial charge in [-0.05, 0) is 18.8 Å². The highest BCUT2D eigenvalue weighted by atomic mass is 16.5. The zero-order valence-corrected chi connectivity index (χ0v) is 10.3. The molecule has 1 N–H and O–H groups in total. The third kappa shape index (κ3) is 3.97. The van der Waals surface area contributed by atoms with Gasteiger partial charge in [0.15, 0.2) is 0 Å². The van der Waals surface area contributed by atoms with Gasteiger partial charge < -0.3 is 10.3 Å². The van der Waals surface area contributed by atoms with Crippen molar-refractivity contribution in [2.45, 2.75) is 53.4 Å². The molecule has 0 aromatic heterocycles. The van der Waals surface area contributed by atoms with Crippen molar-refractivity contribution >= 4 is 0 Å². The van der Waals surface area contributed by atoms with Crippen molar-refractivity contribution in [3.8, 4) is 0 Å². The third-order valence-electron chi connectivity index (χ3n) is 3.10. The van der Waals surface area contributed by atoms with Crippen molar-refractivity contribution in [3.63, 3.8) is 0 Å². The van der Waals surface area contributed by atoms with Gasteiger partial charge in [0.05, 0.1) is 13.1 Å². The Balaban J connectivity index is 0.000000379. The monoisotopic (exact) mass is 201 g/mol. The highest BCUT2D eigenvalue weighted by molar-refractivity contribution is 4.78. The Morgan fingerprint density at radius 3 is 2.14 bits per heavy atom. The van der Waals surface area contributed by atoms with E-state index in [1.165, 1.54) is 25.7 Å². The Labute approximate surface area is 89.3 Å². The summed E-state index contributed by atoms with van der Waals surface area (Å²) in [6, 6.07) is 0. The summed E-state index contributed by atoms with van der Waals surface area (Å²) in [5, 5.41) is 11.5. The van der Waals surface area contributed by atoms with Gasteiger partial charge in [-0.15, -0.1) is 0 Å². The molecule has 3 atom stereocenters. The van der Waals surface area contributed by atoms with Crippen molar-refractivity contribution < 1.29 is 5.06 Å². The molecule has 14 heavy (non-hydrogen) atoms. The van der Waals surface area contributed by atoms with Crippen LogP contribution in [-0.2, 0) is 0 Å². The summed E-state index contributed by atoms with van der Waals surface area (Å²) in [4.78, 5) is 0. The summed E-state index contributed by atoms with van der Waals surface area (Å²) < 4.78 is 0. The molecule has 1 aliphatic heterocycles. The van der Waals surface area contributed by atoms with Crippen molar-refractivity contribution in [1.29, 1.82) is 0 Å². The summed E-state index contributed by atoms with van der Waals surface area (Å²) >= 11 is 0. The van der Waals surface area contributed by atoms with Gasteiger partial charge in [0, 0.05) is 12.3 Å². The second kappa shape index (κ2) is 8.25. The van der Waals surface area contributed by atoms with Gasteiger partial charge in [0.2, 0.25) is 0 Å². The van der Waals surface area contributed by atoms with Gasteiger partial charge in [0.1, 0.15) is 0 Å². The fourth-order valence-corrected chi connectivity index (χ4v) is 2.50. The van der Waals surface area contributed by atoms with Gasteiger partial charge in [-0.25, -0.2) is 0 Å². The summed E-state index contributed by atoms with van der Waals surface area (Å²) in [5.74, 6) is 1.72. The lowest BCUT2D eigenvalue weighted by Gasteiger charge is -2.34. The van der Waals surface area contributed by atoms with E-state index in [0.29, 0.717) is 5.06 Å². The fourth-order valence-electron chi connectivity index (χ4n) is 2.50. The number of nitrogens with one attached hydrogen (secondary N) is 1. The van der Waals surface area contributed by atoms with E-state index in [-0.39, 0.29) is 0 Å². The highest BCUT2D eigenvalue weighted by Gasteiger charge is 2.32. The van der Waals surface area contributed by atoms with Crippen LogP contribution in [0.3, 0.4) is 0 Å². The highest BCUT2D eigenvalue weighted by Crippen LogP contribution is 2.33. The topological polar surface area (TPSA) is 27.5 Å². The van der Waals surface area contributed by atoms with Crippen molar-refractivity contribution in [3.05, 3.63) is 5.21 Å². The molecule has 0 spiro atoms. The summed E-state index contributed by atoms with van der Waals surface area (Å²) in [6.07, 6.45) is 5.31. The fraction of sp³-hybridized carbons (Fsp3) is 1.00. The van der Waals surface area contributed by atoms with Gasteiger partial charge in [-0.3, -0.25) is 0 Å². The lowest BCUT2D eigenvalue weighted by atomic mass is 9.90. The molecule has 0 amide bonds. The average molecular weight is 201 g/mol. The Hall–Kier alpha value is -0.0800. The van der Waals surface area contributed by atoms with E-state index in [1.807, 2.05) is 27.7 Å². The van der Waals surface area contributed by atoms with Crippen LogP contribution in [0, 0.1) is 17.0 Å². The molecule has 1 aliphatic carbocycles. The Kier molecular flexibility index (Phi) is 8.20. The largest absolute Gasteiger partial charge is 0.634 e. The quantitative estimate of drug-likeness (QED) is 0.598. The maximum atomic E-state index is 11.0. The second-order valence-electron chi connectivity index (χ2n) is 3.73. The third-order valence-corrected chi connectivity index (χ3v) is 3.10. The Morgan fingerprint density at radius 2 is 1.50 bits per heavy atom. The number of rotatable bonds is 0. The van der Waals surface area contributed by atoms with Crippen LogP contribution in [0.4, 0.5) is 0 Å². The van der Waals surface area contributed by atoms with E-state index in [0.717, 1.165) is 24.9 Å². The van der Waals surface area contributed by atoms with Gasteiger partial charge >= 0.3 is 0 Å². The van der Waals surface area contributed by atoms with Gasteiger partial charge in [0.25, 0.3) is 0 Å². The first kappa shape index (κ1) is 13.9. The number of hydrogen-bond donors (Lipinski definition) is 1. The second-order valence-corrected chi connectivity index (χ2v) is 3.73. The van der Waals surface area contributed by atoms with E-state index >= 15 is 0 Å². The predicted octanol–water partition coefficient (Wildman–Crippen LogP) is 2.24. The van der Waals surface area contributed by atoms with Gasteiger partial charge in [-0.2, -0.15) is 0 Å². The number of fused-ring (bicyclic) bond motifs is 1. The lowest BCUT2D eigenvalue weighted by Crippen LogP contribution is -3.09. The van der Waals surface area contributed by atoms with Crippen molar-refractivity contribution in [1.82, 2.24) is 0 Å². The zero-order chi connectivity index (χ0) is 11.0. The van der Waals surface area contributed by atoms with E-state index in [9.17, 15) is 5.21 Å². The molecule has 0 aromatic carbocycles. The number of hydroxylamine groups is 2. The molecule has 0 bridgehead atoms. The first-order valence-corrected chi connectivity index (χ1v) is 6.38. The van der Waals surface area contributed by atoms with E-state index in [1.54, 1.807) is 0 Å². The smallest absolute Gasteiger partial charge is 0.0799 e. The van der Waals surface area contributed by atoms with Crippen molar-refractivity contribution in [2.75, 3.05) is 13.1 Å². The molecular weight excluding hydrogens is 174 g/mol. The first-order chi connectivity index (χ1) is 6.86. The maximum Gasteiger partial charge on any atom is 0.0799 e. The van der Waals surface area contributed by atoms with E-state index < -0.39 is 0 Å². The molecular formula is C12H27NO. The Bertz CT molecular complexity index is 127. The summed E-state index contributed by atoms with van der Waals surface area (Å²) in [6.45, 7) is 9.78. The number of piperidine rings is 1. The van der Waals surface area contributed by atoms with Crippen LogP contribution in [0.25, 0.3) is 0 Å². The lowest BCUT2D eigenvalue weighted by molar-refractivity contribution is -0.859. The molecule has 2 aliphatic rings. The predicted molar refractivity (Wildman–Crippen MR) is 62.2 cm³/mol. The van der Waals surface area contributed by atoms with Crippen LogP contribution >= 0.6 is 0 Å². The molecule has 1 heterocycles. The zero-order valence-electron chi connectivity index (χ0n) is 10.3. The molecule has 2 nitrogen and oxygen atoms in total. The van der Waals surface area contributed by atoms with Crippen LogP contribution in [-0.4, -0.2) is 13.1 Å². The van der Waals surface area contributed by atoms with E-state index in [4.69, 9.17) is 0 Å². The normalized spacial score (nSPS) is 34.5. The summed E-state index contributed by atoms with van der Waals surface area (Å²) in [5.41, 5.74) is 0. The molecule has 1 saturated carbocycles. The van der Waals surface area contributed by atoms with Crippen molar-refractivity contribution in [2.24, 2.45) is 11.8 Å². The molecule has 86 valence electrons. The van der Waals surface area contributed by atoms with Crippen LogP contribution in [0.1, 0.15) is 53.4 Å². The van der Waals surface area contributed by atoms with E-state index in [2.05, 4.69) is 0 Å². The SMILES string of the molecule is CC.CC.[O-][NH+]1CCC2CCCC2C1. The molecule has 1 saturated heterocycles. The van der Waals surface area contributed by atoms with Crippen LogP contribution in [0.15, 0.2) is 0 Å².